The first-order chi connectivity index (χ1) is 11.1. The number of carbonyl (C=O) groups is 4. The van der Waals surface area contributed by atoms with Gasteiger partial charge in [-0.3, -0.25) is 19.3 Å². The van der Waals surface area contributed by atoms with Crippen LogP contribution in [-0.2, 0) is 9.59 Å². The molecule has 0 spiro atoms. The highest BCUT2D eigenvalue weighted by Gasteiger charge is 2.48. The maximum Gasteiger partial charge on any atom is 0.326 e. The highest BCUT2D eigenvalue weighted by molar-refractivity contribution is 6.23. The number of rotatable bonds is 5. The van der Waals surface area contributed by atoms with Crippen molar-refractivity contribution in [2.75, 3.05) is 0 Å². The van der Waals surface area contributed by atoms with Crippen molar-refractivity contribution in [1.29, 1.82) is 0 Å². The molecule has 11 heteroatoms. The predicted octanol–water partition coefficient (Wildman–Crippen LogP) is 1.16. The maximum atomic E-state index is 13.7. The third kappa shape index (κ3) is 2.47. The minimum absolute atomic E-state index is 0.124. The molecule has 0 saturated heterocycles. The van der Waals surface area contributed by atoms with E-state index in [2.05, 4.69) is 0 Å². The molecule has 0 aromatic heterocycles. The molecule has 2 rings (SSSR count). The molecule has 1 aliphatic rings. The summed E-state index contributed by atoms with van der Waals surface area (Å²) in [7, 11) is 0. The van der Waals surface area contributed by atoms with Crippen molar-refractivity contribution < 1.29 is 47.0 Å². The summed E-state index contributed by atoms with van der Waals surface area (Å²) in [4.78, 5) is 45.6. The predicted molar refractivity (Wildman–Crippen MR) is 65.1 cm³/mol. The summed E-state index contributed by atoms with van der Waals surface area (Å²) in [6, 6.07) is -2.07. The molecule has 0 fully saturated rings. The Morgan fingerprint density at radius 3 is 1.62 bits per heavy atom. The zero-order valence-corrected chi connectivity index (χ0v) is 11.5. The number of amides is 2. The summed E-state index contributed by atoms with van der Waals surface area (Å²) in [6.45, 7) is 0. The molecule has 0 bridgehead atoms. The summed E-state index contributed by atoms with van der Waals surface area (Å²) in [6.07, 6.45) is -1.54. The quantitative estimate of drug-likeness (QED) is 0.357. The number of carbonyl (C=O) groups excluding carboxylic acids is 2. The fourth-order valence-corrected chi connectivity index (χ4v) is 2.27. The van der Waals surface area contributed by atoms with Crippen LogP contribution in [0, 0.1) is 23.3 Å². The summed E-state index contributed by atoms with van der Waals surface area (Å²) in [5, 5.41) is 17.6. The van der Waals surface area contributed by atoms with Crippen LogP contribution in [0.2, 0.25) is 0 Å². The molecule has 1 unspecified atom stereocenters. The minimum Gasteiger partial charge on any atom is -0.481 e. The van der Waals surface area contributed by atoms with E-state index in [-0.39, 0.29) is 4.90 Å². The zero-order chi connectivity index (χ0) is 18.3. The van der Waals surface area contributed by atoms with Crippen LogP contribution in [0.1, 0.15) is 33.6 Å². The standard InChI is InChI=1S/C13H7F4NO6/c14-7-5-6(8(15)10(17)9(7)16)12(22)18(11(5)21)3(13(23)24)1-2-4(19)20/h3H,1-2H2,(H,19,20)(H,23,24). The van der Waals surface area contributed by atoms with Gasteiger partial charge in [0.2, 0.25) is 0 Å². The number of aliphatic carboxylic acids is 2. The monoisotopic (exact) mass is 349 g/mol. The van der Waals surface area contributed by atoms with Crippen LogP contribution in [-0.4, -0.2) is 44.9 Å². The van der Waals surface area contributed by atoms with Gasteiger partial charge < -0.3 is 10.2 Å². The van der Waals surface area contributed by atoms with Crippen LogP contribution in [0.25, 0.3) is 0 Å². The van der Waals surface area contributed by atoms with Crippen molar-refractivity contribution in [2.24, 2.45) is 0 Å². The molecule has 0 saturated carbocycles. The second kappa shape index (κ2) is 5.91. The van der Waals surface area contributed by atoms with Gasteiger partial charge in [0.15, 0.2) is 23.3 Å². The Morgan fingerprint density at radius 2 is 1.29 bits per heavy atom. The third-order valence-corrected chi connectivity index (χ3v) is 3.36. The first-order valence-corrected chi connectivity index (χ1v) is 6.28. The lowest BCUT2D eigenvalue weighted by Crippen LogP contribution is -2.45. The molecule has 2 N–H and O–H groups in total. The van der Waals surface area contributed by atoms with Crippen LogP contribution in [0.5, 0.6) is 0 Å². The number of hydrogen-bond acceptors (Lipinski definition) is 4. The maximum absolute atomic E-state index is 13.7. The average Bonchev–Trinajstić information content (AvgIpc) is 2.75. The van der Waals surface area contributed by atoms with E-state index >= 15 is 0 Å². The van der Waals surface area contributed by atoms with E-state index in [1.807, 2.05) is 0 Å². The van der Waals surface area contributed by atoms with Crippen LogP contribution in [0.15, 0.2) is 0 Å². The smallest absolute Gasteiger partial charge is 0.326 e. The van der Waals surface area contributed by atoms with Gasteiger partial charge in [-0.1, -0.05) is 0 Å². The van der Waals surface area contributed by atoms with E-state index in [9.17, 15) is 36.7 Å². The summed E-state index contributed by atoms with van der Waals surface area (Å²) in [5.41, 5.74) is -2.86. The highest BCUT2D eigenvalue weighted by Crippen LogP contribution is 2.33. The topological polar surface area (TPSA) is 112 Å². The zero-order valence-electron chi connectivity index (χ0n) is 11.5. The van der Waals surface area contributed by atoms with Crippen molar-refractivity contribution in [3.8, 4) is 0 Å². The molecule has 0 aliphatic carbocycles. The second-order valence-corrected chi connectivity index (χ2v) is 4.77. The molecule has 1 aromatic carbocycles. The first-order valence-electron chi connectivity index (χ1n) is 6.28. The van der Waals surface area contributed by atoms with Gasteiger partial charge >= 0.3 is 11.9 Å². The van der Waals surface area contributed by atoms with Crippen LogP contribution >= 0.6 is 0 Å². The molecule has 1 aromatic rings. The third-order valence-electron chi connectivity index (χ3n) is 3.36. The Morgan fingerprint density at radius 1 is 0.875 bits per heavy atom. The van der Waals surface area contributed by atoms with Crippen molar-refractivity contribution >= 4 is 23.8 Å². The molecule has 1 atom stereocenters. The average molecular weight is 349 g/mol. The SMILES string of the molecule is O=C(O)CCC(C(=O)O)N1C(=O)c2c(F)c(F)c(F)c(F)c2C1=O. The minimum atomic E-state index is -2.33. The van der Waals surface area contributed by atoms with Crippen LogP contribution in [0.3, 0.4) is 0 Å². The van der Waals surface area contributed by atoms with E-state index < -0.39 is 77.0 Å². The Labute approximate surface area is 130 Å². The number of carboxylic acid groups (broad SMARTS) is 2. The number of imide groups is 1. The summed E-state index contributed by atoms with van der Waals surface area (Å²) in [5.74, 6) is -15.6. The molecular weight excluding hydrogens is 342 g/mol. The molecule has 7 nitrogen and oxygen atoms in total. The number of fused-ring (bicyclic) bond motifs is 1. The molecule has 1 aliphatic heterocycles. The summed E-state index contributed by atoms with van der Waals surface area (Å²) >= 11 is 0. The van der Waals surface area contributed by atoms with E-state index in [0.717, 1.165) is 0 Å². The van der Waals surface area contributed by atoms with Gasteiger partial charge in [-0.2, -0.15) is 0 Å². The number of nitrogens with zero attached hydrogens (tertiary/aromatic N) is 1. The summed E-state index contributed by atoms with van der Waals surface area (Å²) < 4.78 is 53.8. The number of benzene rings is 1. The van der Waals surface area contributed by atoms with E-state index in [1.54, 1.807) is 0 Å². The van der Waals surface area contributed by atoms with Crippen molar-refractivity contribution in [2.45, 2.75) is 18.9 Å². The van der Waals surface area contributed by atoms with Gasteiger partial charge in [-0.15, -0.1) is 0 Å². The Balaban J connectivity index is 2.57. The first kappa shape index (κ1) is 17.4. The number of halogens is 4. The highest BCUT2D eigenvalue weighted by atomic mass is 19.2. The van der Waals surface area contributed by atoms with Gasteiger partial charge in [0, 0.05) is 6.42 Å². The lowest BCUT2D eigenvalue weighted by molar-refractivity contribution is -0.142. The lowest BCUT2D eigenvalue weighted by Gasteiger charge is -2.21. The Hall–Kier alpha value is -2.98. The van der Waals surface area contributed by atoms with Gasteiger partial charge in [0.1, 0.15) is 6.04 Å². The molecular formula is C13H7F4NO6. The van der Waals surface area contributed by atoms with E-state index in [4.69, 9.17) is 10.2 Å². The number of carboxylic acids is 2. The molecule has 128 valence electrons. The van der Waals surface area contributed by atoms with Crippen molar-refractivity contribution in [3.05, 3.63) is 34.4 Å². The fourth-order valence-electron chi connectivity index (χ4n) is 2.27. The van der Waals surface area contributed by atoms with Gasteiger partial charge in [-0.25, -0.2) is 22.4 Å². The second-order valence-electron chi connectivity index (χ2n) is 4.77. The fraction of sp³-hybridized carbons (Fsp3) is 0.231. The largest absolute Gasteiger partial charge is 0.481 e. The van der Waals surface area contributed by atoms with Crippen molar-refractivity contribution in [1.82, 2.24) is 4.90 Å². The lowest BCUT2D eigenvalue weighted by atomic mass is 10.1. The molecule has 1 heterocycles. The van der Waals surface area contributed by atoms with E-state index in [1.165, 1.54) is 0 Å². The Kier molecular flexibility index (Phi) is 4.28. The number of hydrogen-bond donors (Lipinski definition) is 2. The van der Waals surface area contributed by atoms with Gasteiger partial charge in [0.25, 0.3) is 11.8 Å². The molecule has 0 radical (unpaired) electrons. The van der Waals surface area contributed by atoms with Crippen molar-refractivity contribution in [3.63, 3.8) is 0 Å². The normalized spacial score (nSPS) is 14.8. The molecule has 24 heavy (non-hydrogen) atoms. The molecule has 2 amide bonds. The van der Waals surface area contributed by atoms with E-state index in [0.29, 0.717) is 0 Å². The van der Waals surface area contributed by atoms with Crippen LogP contribution in [0.4, 0.5) is 17.6 Å². The Bertz CT molecular complexity index is 746. The van der Waals surface area contributed by atoms with Gasteiger partial charge in [-0.05, 0) is 6.42 Å². The van der Waals surface area contributed by atoms with Crippen LogP contribution < -0.4 is 0 Å². The van der Waals surface area contributed by atoms with Gasteiger partial charge in [0.05, 0.1) is 11.1 Å².